The Hall–Kier alpha value is -7.56. The molecular formula is C54H36N4. The highest BCUT2D eigenvalue weighted by atomic mass is 15.2. The minimum atomic E-state index is 0.160. The first-order valence-corrected chi connectivity index (χ1v) is 20.2. The van der Waals surface area contributed by atoms with Crippen LogP contribution < -0.4 is 4.90 Å². The molecule has 4 nitrogen and oxygen atoms in total. The summed E-state index contributed by atoms with van der Waals surface area (Å²) in [4.78, 5) is 2.60. The maximum absolute atomic E-state index is 2.60. The van der Waals surface area contributed by atoms with Gasteiger partial charge in [0.15, 0.2) is 0 Å². The summed E-state index contributed by atoms with van der Waals surface area (Å²) in [5.41, 5.74) is 14.6. The quantitative estimate of drug-likeness (QED) is 0.176. The molecule has 4 heterocycles. The average Bonchev–Trinajstić information content (AvgIpc) is 4.02. The van der Waals surface area contributed by atoms with E-state index in [9.17, 15) is 0 Å². The highest BCUT2D eigenvalue weighted by Crippen LogP contribution is 2.53. The number of nitrogens with zero attached hydrogens (tertiary/aromatic N) is 4. The van der Waals surface area contributed by atoms with Crippen LogP contribution in [0.1, 0.15) is 11.5 Å². The first-order chi connectivity index (χ1) is 28.8. The molecule has 2 atom stereocenters. The van der Waals surface area contributed by atoms with Crippen LogP contribution in [0.5, 0.6) is 0 Å². The number of allylic oxidation sites excluding steroid dienone is 2. The Balaban J connectivity index is 1.07. The van der Waals surface area contributed by atoms with Crippen molar-refractivity contribution in [3.05, 3.63) is 212 Å². The normalized spacial score (nSPS) is 16.1. The largest absolute Gasteiger partial charge is 0.332 e. The maximum atomic E-state index is 2.60. The Morgan fingerprint density at radius 1 is 0.310 bits per heavy atom. The smallest absolute Gasteiger partial charge is 0.0788 e. The number of hydrogen-bond donors (Lipinski definition) is 0. The van der Waals surface area contributed by atoms with Crippen molar-refractivity contribution in [2.24, 2.45) is 0 Å². The molecule has 8 aromatic carbocycles. The highest BCUT2D eigenvalue weighted by molar-refractivity contribution is 6.24. The fourth-order valence-corrected chi connectivity index (χ4v) is 10.4. The van der Waals surface area contributed by atoms with E-state index >= 15 is 0 Å². The summed E-state index contributed by atoms with van der Waals surface area (Å²) in [6, 6.07) is 67.1. The molecule has 4 heteroatoms. The first-order valence-electron chi connectivity index (χ1n) is 20.2. The summed E-state index contributed by atoms with van der Waals surface area (Å²) in [6.07, 6.45) is 9.19. The zero-order valence-electron chi connectivity index (χ0n) is 31.6. The molecule has 0 saturated heterocycles. The van der Waals surface area contributed by atoms with Crippen molar-refractivity contribution in [3.63, 3.8) is 0 Å². The zero-order chi connectivity index (χ0) is 37.9. The topological polar surface area (TPSA) is 18.0 Å². The SMILES string of the molecule is C1=CC2c3ccc4c5ccccc5n(-c5ccccc5)c4c3N(c3ccc(-n4c5ccccc5c5ccc6c7ccccc7n(-c7ccccc7)c6c54)cc3)C2C=C1. The Kier molecular flexibility index (Phi) is 6.53. The number of para-hydroxylation sites is 5. The number of rotatable bonds is 4. The van der Waals surface area contributed by atoms with Gasteiger partial charge in [-0.3, -0.25) is 0 Å². The lowest BCUT2D eigenvalue weighted by molar-refractivity contribution is 0.745. The van der Waals surface area contributed by atoms with Gasteiger partial charge >= 0.3 is 0 Å². The summed E-state index contributed by atoms with van der Waals surface area (Å²) in [7, 11) is 0. The van der Waals surface area contributed by atoms with Crippen molar-refractivity contribution in [1.82, 2.24) is 13.7 Å². The minimum absolute atomic E-state index is 0.160. The molecule has 0 N–H and O–H groups in total. The minimum Gasteiger partial charge on any atom is -0.332 e. The number of fused-ring (bicyclic) bond motifs is 14. The van der Waals surface area contributed by atoms with Crippen molar-refractivity contribution < 1.29 is 0 Å². The van der Waals surface area contributed by atoms with E-state index in [2.05, 4.69) is 225 Å². The molecule has 0 radical (unpaired) electrons. The van der Waals surface area contributed by atoms with Crippen LogP contribution in [0.25, 0.3) is 82.5 Å². The molecule has 3 aromatic heterocycles. The molecule has 13 rings (SSSR count). The van der Waals surface area contributed by atoms with Gasteiger partial charge in [0, 0.05) is 61.0 Å². The number of anilines is 2. The molecule has 0 spiro atoms. The second-order valence-electron chi connectivity index (χ2n) is 15.7. The molecule has 0 fully saturated rings. The van der Waals surface area contributed by atoms with Gasteiger partial charge in [-0.25, -0.2) is 0 Å². The molecule has 1 aliphatic carbocycles. The fraction of sp³-hybridized carbons (Fsp3) is 0.0370. The number of hydrogen-bond acceptors (Lipinski definition) is 1. The van der Waals surface area contributed by atoms with Crippen molar-refractivity contribution in [2.75, 3.05) is 4.90 Å². The van der Waals surface area contributed by atoms with Crippen LogP contribution in [0, 0.1) is 0 Å². The molecule has 272 valence electrons. The van der Waals surface area contributed by atoms with Gasteiger partial charge in [0.05, 0.1) is 44.8 Å². The van der Waals surface area contributed by atoms with Crippen LogP contribution in [0.2, 0.25) is 0 Å². The molecule has 2 unspecified atom stereocenters. The standard InChI is InChI=1S/C54H36N4/c1-3-15-35(16-4-1)55-47-23-11-7-19-39(47)43-31-33-45-41-21-9-13-25-49(41)57(53(45)51(43)55)37-27-29-38(30-28-37)58-50-26-14-10-22-42(50)46-34-32-44-40-20-8-12-24-48(40)56(52(44)54(46)58)36-17-5-2-6-18-36/h1-34,41,49H. The predicted molar refractivity (Wildman–Crippen MR) is 243 cm³/mol. The summed E-state index contributed by atoms with van der Waals surface area (Å²) >= 11 is 0. The summed E-state index contributed by atoms with van der Waals surface area (Å²) < 4.78 is 7.42. The van der Waals surface area contributed by atoms with Crippen molar-refractivity contribution in [3.8, 4) is 17.1 Å². The lowest BCUT2D eigenvalue weighted by Crippen LogP contribution is -2.28. The Labute approximate surface area is 335 Å². The van der Waals surface area contributed by atoms with Crippen LogP contribution >= 0.6 is 0 Å². The second-order valence-corrected chi connectivity index (χ2v) is 15.7. The number of benzene rings is 8. The predicted octanol–water partition coefficient (Wildman–Crippen LogP) is 13.7. The Morgan fingerprint density at radius 2 is 0.724 bits per heavy atom. The molecular weight excluding hydrogens is 705 g/mol. The van der Waals surface area contributed by atoms with Crippen LogP contribution in [0.15, 0.2) is 206 Å². The van der Waals surface area contributed by atoms with Gasteiger partial charge in [-0.2, -0.15) is 0 Å². The van der Waals surface area contributed by atoms with Gasteiger partial charge in [-0.15, -0.1) is 0 Å². The van der Waals surface area contributed by atoms with E-state index in [0.29, 0.717) is 0 Å². The van der Waals surface area contributed by atoms with Crippen LogP contribution in [0.4, 0.5) is 11.4 Å². The van der Waals surface area contributed by atoms with Gasteiger partial charge < -0.3 is 18.6 Å². The molecule has 11 aromatic rings. The molecule has 0 bridgehead atoms. The van der Waals surface area contributed by atoms with E-state index in [-0.39, 0.29) is 12.0 Å². The third-order valence-electron chi connectivity index (χ3n) is 12.7. The monoisotopic (exact) mass is 740 g/mol. The Morgan fingerprint density at radius 3 is 1.28 bits per heavy atom. The van der Waals surface area contributed by atoms with Crippen molar-refractivity contribution in [2.45, 2.75) is 12.0 Å². The van der Waals surface area contributed by atoms with E-state index < -0.39 is 0 Å². The first kappa shape index (κ1) is 31.6. The molecule has 58 heavy (non-hydrogen) atoms. The molecule has 2 aliphatic rings. The molecule has 0 amide bonds. The fourth-order valence-electron chi connectivity index (χ4n) is 10.4. The second kappa shape index (κ2) is 12.0. The van der Waals surface area contributed by atoms with Gasteiger partial charge in [-0.1, -0.05) is 140 Å². The summed E-state index contributed by atoms with van der Waals surface area (Å²) in [6.45, 7) is 0. The zero-order valence-corrected chi connectivity index (χ0v) is 31.6. The van der Waals surface area contributed by atoms with E-state index in [0.717, 1.165) is 11.4 Å². The molecule has 0 saturated carbocycles. The third-order valence-corrected chi connectivity index (χ3v) is 12.7. The maximum Gasteiger partial charge on any atom is 0.0788 e. The van der Waals surface area contributed by atoms with Crippen LogP contribution in [-0.2, 0) is 0 Å². The highest BCUT2D eigenvalue weighted by Gasteiger charge is 2.40. The third kappa shape index (κ3) is 4.24. The van der Waals surface area contributed by atoms with E-state index in [1.165, 1.54) is 88.0 Å². The number of aromatic nitrogens is 3. The van der Waals surface area contributed by atoms with Gasteiger partial charge in [0.25, 0.3) is 0 Å². The lowest BCUT2D eigenvalue weighted by atomic mass is 9.91. The van der Waals surface area contributed by atoms with Crippen molar-refractivity contribution >= 4 is 76.8 Å². The van der Waals surface area contributed by atoms with Crippen LogP contribution in [-0.4, -0.2) is 19.7 Å². The van der Waals surface area contributed by atoms with E-state index in [1.54, 1.807) is 0 Å². The van der Waals surface area contributed by atoms with E-state index in [1.807, 2.05) is 0 Å². The van der Waals surface area contributed by atoms with Crippen LogP contribution in [0.3, 0.4) is 0 Å². The van der Waals surface area contributed by atoms with E-state index in [4.69, 9.17) is 0 Å². The summed E-state index contributed by atoms with van der Waals surface area (Å²) in [5.74, 6) is 0.247. The van der Waals surface area contributed by atoms with Crippen molar-refractivity contribution in [1.29, 1.82) is 0 Å². The summed E-state index contributed by atoms with van der Waals surface area (Å²) in [5, 5.41) is 7.55. The lowest BCUT2D eigenvalue weighted by Gasteiger charge is -2.29. The average molecular weight is 741 g/mol. The van der Waals surface area contributed by atoms with Gasteiger partial charge in [-0.05, 0) is 72.3 Å². The van der Waals surface area contributed by atoms with Gasteiger partial charge in [0.2, 0.25) is 0 Å². The molecule has 1 aliphatic heterocycles. The Bertz CT molecular complexity index is 3510. The van der Waals surface area contributed by atoms with Gasteiger partial charge in [0.1, 0.15) is 0 Å².